The number of piperidine rings is 1. The number of hydrogen-bond acceptors (Lipinski definition) is 2. The summed E-state index contributed by atoms with van der Waals surface area (Å²) < 4.78 is 0. The zero-order chi connectivity index (χ0) is 12.4. The average molecular weight is 238 g/mol. The Bertz CT molecular complexity index is 233. The summed E-state index contributed by atoms with van der Waals surface area (Å²) in [5.41, 5.74) is 5.98. The van der Waals surface area contributed by atoms with E-state index in [-0.39, 0.29) is 0 Å². The Kier molecular flexibility index (Phi) is 4.48. The second-order valence-electron chi connectivity index (χ2n) is 6.56. The van der Waals surface area contributed by atoms with Gasteiger partial charge in [0.15, 0.2) is 0 Å². The summed E-state index contributed by atoms with van der Waals surface area (Å²) in [5, 5.41) is 0. The maximum absolute atomic E-state index is 5.98. The highest BCUT2D eigenvalue weighted by Crippen LogP contribution is 2.40. The molecule has 100 valence electrons. The number of nitrogens with two attached hydrogens (primary N) is 1. The van der Waals surface area contributed by atoms with Gasteiger partial charge in [-0.3, -0.25) is 4.90 Å². The molecular weight excluding hydrogens is 208 g/mol. The first-order chi connectivity index (χ1) is 8.15. The van der Waals surface area contributed by atoms with Gasteiger partial charge in [0, 0.05) is 18.6 Å². The minimum absolute atomic E-state index is 0.673. The number of hydrogen-bond donors (Lipinski definition) is 1. The van der Waals surface area contributed by atoms with Crippen LogP contribution in [0.1, 0.15) is 52.9 Å². The lowest BCUT2D eigenvalue weighted by Gasteiger charge is -2.50. The molecule has 0 radical (unpaired) electrons. The third-order valence-corrected chi connectivity index (χ3v) is 5.28. The van der Waals surface area contributed by atoms with Crippen LogP contribution in [0.2, 0.25) is 0 Å². The molecule has 2 heteroatoms. The molecule has 0 amide bonds. The van der Waals surface area contributed by atoms with Crippen molar-refractivity contribution in [3.8, 4) is 0 Å². The van der Waals surface area contributed by atoms with Gasteiger partial charge in [0.1, 0.15) is 0 Å². The van der Waals surface area contributed by atoms with E-state index in [1.165, 1.54) is 38.6 Å². The van der Waals surface area contributed by atoms with Gasteiger partial charge >= 0.3 is 0 Å². The summed E-state index contributed by atoms with van der Waals surface area (Å²) in [6.07, 6.45) is 6.92. The largest absolute Gasteiger partial charge is 0.329 e. The van der Waals surface area contributed by atoms with E-state index in [9.17, 15) is 0 Å². The van der Waals surface area contributed by atoms with Gasteiger partial charge < -0.3 is 5.73 Å². The first kappa shape index (κ1) is 13.4. The van der Waals surface area contributed by atoms with Crippen LogP contribution in [0.3, 0.4) is 0 Å². The number of nitrogens with zero attached hydrogens (tertiary/aromatic N) is 1. The van der Waals surface area contributed by atoms with E-state index in [1.807, 2.05) is 0 Å². The van der Waals surface area contributed by atoms with Gasteiger partial charge in [0.25, 0.3) is 0 Å². The fourth-order valence-electron chi connectivity index (χ4n) is 3.68. The summed E-state index contributed by atoms with van der Waals surface area (Å²) in [7, 11) is 0. The van der Waals surface area contributed by atoms with Crippen molar-refractivity contribution in [2.45, 2.75) is 65.0 Å². The molecule has 0 aromatic rings. The molecule has 2 rings (SSSR count). The summed E-state index contributed by atoms with van der Waals surface area (Å²) in [6.45, 7) is 9.22. The van der Waals surface area contributed by atoms with Crippen molar-refractivity contribution in [1.29, 1.82) is 0 Å². The Balaban J connectivity index is 1.85. The molecular formula is C15H30N2. The molecule has 1 heterocycles. The van der Waals surface area contributed by atoms with Crippen LogP contribution in [0, 0.1) is 17.8 Å². The molecule has 1 saturated carbocycles. The molecule has 1 aliphatic heterocycles. The predicted octanol–water partition coefficient (Wildman–Crippen LogP) is 2.87. The number of rotatable bonds is 4. The van der Waals surface area contributed by atoms with E-state index < -0.39 is 0 Å². The number of likely N-dealkylation sites (tertiary alicyclic amines) is 1. The summed E-state index contributed by atoms with van der Waals surface area (Å²) in [6, 6.07) is 1.53. The Morgan fingerprint density at radius 1 is 1.24 bits per heavy atom. The van der Waals surface area contributed by atoms with Crippen molar-refractivity contribution in [2.24, 2.45) is 23.5 Å². The van der Waals surface area contributed by atoms with Gasteiger partial charge in [-0.2, -0.15) is 0 Å². The van der Waals surface area contributed by atoms with E-state index in [4.69, 9.17) is 5.73 Å². The summed E-state index contributed by atoms with van der Waals surface area (Å²) in [4.78, 5) is 2.74. The minimum atomic E-state index is 0.673. The quantitative estimate of drug-likeness (QED) is 0.816. The smallest absolute Gasteiger partial charge is 0.0223 e. The third kappa shape index (κ3) is 2.85. The fourth-order valence-corrected chi connectivity index (χ4v) is 3.68. The third-order valence-electron chi connectivity index (χ3n) is 5.28. The maximum atomic E-state index is 5.98. The first-order valence-corrected chi connectivity index (χ1v) is 7.61. The van der Waals surface area contributed by atoms with Crippen molar-refractivity contribution < 1.29 is 0 Å². The van der Waals surface area contributed by atoms with Gasteiger partial charge in [0.05, 0.1) is 0 Å². The van der Waals surface area contributed by atoms with Crippen molar-refractivity contribution >= 4 is 0 Å². The molecule has 2 nitrogen and oxygen atoms in total. The normalized spacial score (nSPS) is 39.4. The van der Waals surface area contributed by atoms with Crippen LogP contribution < -0.4 is 5.73 Å². The molecule has 2 N–H and O–H groups in total. The second-order valence-corrected chi connectivity index (χ2v) is 6.56. The molecule has 0 bridgehead atoms. The van der Waals surface area contributed by atoms with E-state index in [2.05, 4.69) is 25.7 Å². The minimum Gasteiger partial charge on any atom is -0.329 e. The van der Waals surface area contributed by atoms with E-state index in [0.29, 0.717) is 6.04 Å². The van der Waals surface area contributed by atoms with Gasteiger partial charge in [-0.1, -0.05) is 27.2 Å². The molecule has 2 fully saturated rings. The second kappa shape index (κ2) is 5.71. The Morgan fingerprint density at radius 3 is 2.47 bits per heavy atom. The molecule has 1 saturated heterocycles. The predicted molar refractivity (Wildman–Crippen MR) is 73.9 cm³/mol. The monoisotopic (exact) mass is 238 g/mol. The molecule has 2 unspecified atom stereocenters. The highest BCUT2D eigenvalue weighted by atomic mass is 15.2. The zero-order valence-corrected chi connectivity index (χ0v) is 11.9. The van der Waals surface area contributed by atoms with Crippen molar-refractivity contribution in [3.05, 3.63) is 0 Å². The van der Waals surface area contributed by atoms with Gasteiger partial charge in [-0.25, -0.2) is 0 Å². The molecule has 17 heavy (non-hydrogen) atoms. The highest BCUT2D eigenvalue weighted by Gasteiger charge is 2.39. The lowest BCUT2D eigenvalue weighted by molar-refractivity contribution is -0.00412. The fraction of sp³-hybridized carbons (Fsp3) is 1.00. The van der Waals surface area contributed by atoms with Gasteiger partial charge in [-0.05, 0) is 50.0 Å². The molecule has 1 aliphatic carbocycles. The summed E-state index contributed by atoms with van der Waals surface area (Å²) >= 11 is 0. The Hall–Kier alpha value is -0.0800. The zero-order valence-electron chi connectivity index (χ0n) is 11.9. The maximum Gasteiger partial charge on any atom is 0.0223 e. The standard InChI is InChI=1S/C15H30N2/c1-4-12-5-6-17(15(7-12)10-16)14-8-13(9-14)11(2)3/h11-15H,4-10,16H2,1-3H3. The van der Waals surface area contributed by atoms with E-state index in [1.54, 1.807) is 0 Å². The van der Waals surface area contributed by atoms with Crippen LogP contribution in [0.4, 0.5) is 0 Å². The first-order valence-electron chi connectivity index (χ1n) is 7.61. The summed E-state index contributed by atoms with van der Waals surface area (Å²) in [5.74, 6) is 2.78. The van der Waals surface area contributed by atoms with Gasteiger partial charge in [0.2, 0.25) is 0 Å². The topological polar surface area (TPSA) is 29.3 Å². The van der Waals surface area contributed by atoms with Crippen molar-refractivity contribution in [1.82, 2.24) is 4.90 Å². The molecule has 2 atom stereocenters. The Labute approximate surface area is 107 Å². The Morgan fingerprint density at radius 2 is 1.94 bits per heavy atom. The highest BCUT2D eigenvalue weighted by molar-refractivity contribution is 4.94. The molecule has 0 aromatic heterocycles. The lowest BCUT2D eigenvalue weighted by Crippen LogP contribution is -2.56. The van der Waals surface area contributed by atoms with E-state index in [0.717, 1.165) is 30.3 Å². The van der Waals surface area contributed by atoms with Crippen LogP contribution in [0.25, 0.3) is 0 Å². The molecule has 2 aliphatic rings. The molecule has 0 spiro atoms. The average Bonchev–Trinajstić information content (AvgIpc) is 2.27. The van der Waals surface area contributed by atoms with Gasteiger partial charge in [-0.15, -0.1) is 0 Å². The SMILES string of the molecule is CCC1CCN(C2CC(C(C)C)C2)C(CN)C1. The van der Waals surface area contributed by atoms with E-state index >= 15 is 0 Å². The van der Waals surface area contributed by atoms with Crippen LogP contribution in [-0.2, 0) is 0 Å². The van der Waals surface area contributed by atoms with Crippen molar-refractivity contribution in [3.63, 3.8) is 0 Å². The lowest BCUT2D eigenvalue weighted by atomic mass is 9.71. The van der Waals surface area contributed by atoms with Crippen LogP contribution in [0.5, 0.6) is 0 Å². The van der Waals surface area contributed by atoms with Crippen molar-refractivity contribution in [2.75, 3.05) is 13.1 Å². The van der Waals surface area contributed by atoms with Crippen LogP contribution in [0.15, 0.2) is 0 Å². The van der Waals surface area contributed by atoms with Crippen LogP contribution >= 0.6 is 0 Å². The van der Waals surface area contributed by atoms with Crippen LogP contribution in [-0.4, -0.2) is 30.1 Å². The molecule has 0 aromatic carbocycles.